The van der Waals surface area contributed by atoms with Crippen LogP contribution >= 0.6 is 23.1 Å². The molecule has 0 aliphatic rings. The van der Waals surface area contributed by atoms with Gasteiger partial charge in [0.25, 0.3) is 0 Å². The topological polar surface area (TPSA) is 81.4 Å². The van der Waals surface area contributed by atoms with Crippen LogP contribution in [0, 0.1) is 0 Å². The number of rotatable bonds is 7. The zero-order valence-corrected chi connectivity index (χ0v) is 19.7. The highest BCUT2D eigenvalue weighted by molar-refractivity contribution is 8.00. The smallest absolute Gasteiger partial charge is 0.239 e. The fourth-order valence-corrected chi connectivity index (χ4v) is 5.24. The van der Waals surface area contributed by atoms with Crippen LogP contribution in [0.15, 0.2) is 71.2 Å². The molecule has 0 radical (unpaired) electrons. The number of carbonyl (C=O) groups excluding carboxylic acids is 1. The number of methoxy groups -OCH3 is 1. The molecule has 0 saturated heterocycles. The van der Waals surface area contributed by atoms with Crippen LogP contribution in [0.2, 0.25) is 0 Å². The number of ether oxygens (including phenoxy) is 1. The zero-order valence-electron chi connectivity index (χ0n) is 18.1. The molecule has 0 saturated carbocycles. The first-order valence-electron chi connectivity index (χ1n) is 10.5. The molecule has 5 rings (SSSR count). The van der Waals surface area contributed by atoms with Gasteiger partial charge < -0.3 is 10.1 Å². The Balaban J connectivity index is 1.34. The number of para-hydroxylation sites is 1. The van der Waals surface area contributed by atoms with Crippen molar-refractivity contribution in [1.82, 2.24) is 19.6 Å². The first kappa shape index (κ1) is 21.4. The molecule has 9 heteroatoms. The maximum Gasteiger partial charge on any atom is 0.239 e. The summed E-state index contributed by atoms with van der Waals surface area (Å²) in [5.41, 5.74) is 3.56. The quantitative estimate of drug-likeness (QED) is 0.312. The molecule has 1 unspecified atom stereocenters. The van der Waals surface area contributed by atoms with E-state index in [0.717, 1.165) is 33.6 Å². The molecule has 3 aromatic heterocycles. The predicted octanol–water partition coefficient (Wildman–Crippen LogP) is 5.52. The SMILES string of the molecule is CCC(Sc1nnc2ccc3ccccc3n12)C(=O)Nc1nc(-c2ccc(OC)cc2)cs1. The molecule has 0 aliphatic carbocycles. The molecule has 33 heavy (non-hydrogen) atoms. The second-order valence-electron chi connectivity index (χ2n) is 7.34. The molecule has 2 aromatic carbocycles. The average Bonchev–Trinajstić information content (AvgIpc) is 3.49. The van der Waals surface area contributed by atoms with Gasteiger partial charge in [-0.1, -0.05) is 36.9 Å². The fourth-order valence-electron chi connectivity index (χ4n) is 3.55. The van der Waals surface area contributed by atoms with Gasteiger partial charge >= 0.3 is 0 Å². The molecule has 7 nitrogen and oxygen atoms in total. The van der Waals surface area contributed by atoms with E-state index in [9.17, 15) is 4.79 Å². The summed E-state index contributed by atoms with van der Waals surface area (Å²) in [6.45, 7) is 1.99. The number of anilines is 1. The Morgan fingerprint density at radius 2 is 1.94 bits per heavy atom. The largest absolute Gasteiger partial charge is 0.497 e. The predicted molar refractivity (Wildman–Crippen MR) is 133 cm³/mol. The number of pyridine rings is 1. The van der Waals surface area contributed by atoms with Gasteiger partial charge in [0.2, 0.25) is 5.91 Å². The van der Waals surface area contributed by atoms with Crippen LogP contribution in [-0.4, -0.2) is 37.8 Å². The Labute approximate surface area is 198 Å². The number of hydrogen-bond donors (Lipinski definition) is 1. The highest BCUT2D eigenvalue weighted by atomic mass is 32.2. The van der Waals surface area contributed by atoms with Gasteiger partial charge in [0, 0.05) is 10.9 Å². The lowest BCUT2D eigenvalue weighted by molar-refractivity contribution is -0.115. The van der Waals surface area contributed by atoms with Gasteiger partial charge in [0.05, 0.1) is 23.6 Å². The van der Waals surface area contributed by atoms with E-state index in [1.54, 1.807) is 7.11 Å². The summed E-state index contributed by atoms with van der Waals surface area (Å²) in [6.07, 6.45) is 0.646. The Hall–Kier alpha value is -3.43. The molecule has 1 atom stereocenters. The van der Waals surface area contributed by atoms with Crippen molar-refractivity contribution in [1.29, 1.82) is 0 Å². The summed E-state index contributed by atoms with van der Waals surface area (Å²) < 4.78 is 7.21. The van der Waals surface area contributed by atoms with Crippen molar-refractivity contribution >= 4 is 50.7 Å². The average molecular weight is 476 g/mol. The minimum atomic E-state index is -0.329. The van der Waals surface area contributed by atoms with E-state index in [-0.39, 0.29) is 11.2 Å². The summed E-state index contributed by atoms with van der Waals surface area (Å²) in [4.78, 5) is 17.6. The molecule has 1 amide bonds. The zero-order chi connectivity index (χ0) is 22.8. The molecular formula is C24H21N5O2S2. The minimum Gasteiger partial charge on any atom is -0.497 e. The van der Waals surface area contributed by atoms with Crippen molar-refractivity contribution in [2.75, 3.05) is 12.4 Å². The molecule has 0 aliphatic heterocycles. The number of thioether (sulfide) groups is 1. The van der Waals surface area contributed by atoms with Gasteiger partial charge in [-0.15, -0.1) is 21.5 Å². The van der Waals surface area contributed by atoms with Crippen LogP contribution in [0.4, 0.5) is 5.13 Å². The second-order valence-corrected chi connectivity index (χ2v) is 9.37. The van der Waals surface area contributed by atoms with E-state index in [2.05, 4.69) is 26.6 Å². The van der Waals surface area contributed by atoms with Crippen molar-refractivity contribution in [2.24, 2.45) is 0 Å². The Bertz CT molecular complexity index is 1430. The van der Waals surface area contributed by atoms with Crippen molar-refractivity contribution in [3.8, 4) is 17.0 Å². The lowest BCUT2D eigenvalue weighted by Gasteiger charge is -2.13. The van der Waals surface area contributed by atoms with Crippen LogP contribution in [-0.2, 0) is 4.79 Å². The van der Waals surface area contributed by atoms with Gasteiger partial charge in [0.15, 0.2) is 15.9 Å². The standard InChI is InChI=1S/C24H21N5O2S2/c1-3-20(33-24-28-27-21-13-10-16-6-4-5-7-19(16)29(21)24)22(30)26-23-25-18(14-32-23)15-8-11-17(31-2)12-9-15/h4-14,20H,3H2,1-2H3,(H,25,26,30). The number of thiazole rings is 1. The van der Waals surface area contributed by atoms with Crippen LogP contribution < -0.4 is 10.1 Å². The molecular weight excluding hydrogens is 454 g/mol. The summed E-state index contributed by atoms with van der Waals surface area (Å²) in [5.74, 6) is 0.689. The van der Waals surface area contributed by atoms with Crippen molar-refractivity contribution < 1.29 is 9.53 Å². The highest BCUT2D eigenvalue weighted by Gasteiger charge is 2.22. The number of amides is 1. The van der Waals surface area contributed by atoms with Gasteiger partial charge in [-0.2, -0.15) is 0 Å². The molecule has 1 N–H and O–H groups in total. The Morgan fingerprint density at radius 1 is 1.12 bits per heavy atom. The van der Waals surface area contributed by atoms with Crippen molar-refractivity contribution in [3.63, 3.8) is 0 Å². The van der Waals surface area contributed by atoms with E-state index in [4.69, 9.17) is 4.74 Å². The molecule has 166 valence electrons. The number of aromatic nitrogens is 4. The van der Waals surface area contributed by atoms with E-state index >= 15 is 0 Å². The third-order valence-electron chi connectivity index (χ3n) is 5.28. The van der Waals surface area contributed by atoms with E-state index in [1.807, 2.05) is 71.3 Å². The third-order valence-corrected chi connectivity index (χ3v) is 7.34. The Morgan fingerprint density at radius 3 is 2.73 bits per heavy atom. The molecule has 0 bridgehead atoms. The molecule has 5 aromatic rings. The van der Waals surface area contributed by atoms with Crippen LogP contribution in [0.5, 0.6) is 5.75 Å². The fraction of sp³-hybridized carbons (Fsp3) is 0.167. The summed E-state index contributed by atoms with van der Waals surface area (Å²) in [6, 6.07) is 19.7. The third kappa shape index (κ3) is 4.29. The number of nitrogens with one attached hydrogen (secondary N) is 1. The van der Waals surface area contributed by atoms with Gasteiger partial charge in [-0.25, -0.2) is 4.98 Å². The van der Waals surface area contributed by atoms with E-state index in [0.29, 0.717) is 16.7 Å². The van der Waals surface area contributed by atoms with Gasteiger partial charge in [0.1, 0.15) is 5.75 Å². The lowest BCUT2D eigenvalue weighted by Crippen LogP contribution is -2.24. The summed E-state index contributed by atoms with van der Waals surface area (Å²) in [7, 11) is 1.64. The van der Waals surface area contributed by atoms with Crippen LogP contribution in [0.3, 0.4) is 0 Å². The minimum absolute atomic E-state index is 0.102. The maximum atomic E-state index is 13.1. The van der Waals surface area contributed by atoms with E-state index < -0.39 is 0 Å². The summed E-state index contributed by atoms with van der Waals surface area (Å²) >= 11 is 2.82. The number of hydrogen-bond acceptors (Lipinski definition) is 7. The summed E-state index contributed by atoms with van der Waals surface area (Å²) in [5, 5.41) is 15.6. The second kappa shape index (κ2) is 9.21. The van der Waals surface area contributed by atoms with Gasteiger partial charge in [-0.3, -0.25) is 9.20 Å². The number of benzene rings is 2. The lowest BCUT2D eigenvalue weighted by atomic mass is 10.2. The molecule has 0 spiro atoms. The monoisotopic (exact) mass is 475 g/mol. The molecule has 0 fully saturated rings. The molecule has 3 heterocycles. The first-order valence-corrected chi connectivity index (χ1v) is 12.2. The van der Waals surface area contributed by atoms with Gasteiger partial charge in [-0.05, 0) is 54.3 Å². The number of nitrogens with zero attached hydrogens (tertiary/aromatic N) is 4. The number of fused-ring (bicyclic) bond motifs is 3. The maximum absolute atomic E-state index is 13.1. The Kier molecular flexibility index (Phi) is 5.97. The normalized spacial score (nSPS) is 12.2. The van der Waals surface area contributed by atoms with Crippen LogP contribution in [0.1, 0.15) is 13.3 Å². The van der Waals surface area contributed by atoms with E-state index in [1.165, 1.54) is 23.1 Å². The number of carbonyl (C=O) groups is 1. The van der Waals surface area contributed by atoms with Crippen molar-refractivity contribution in [2.45, 2.75) is 23.8 Å². The highest BCUT2D eigenvalue weighted by Crippen LogP contribution is 2.30. The first-order chi connectivity index (χ1) is 16.2. The van der Waals surface area contributed by atoms with Crippen molar-refractivity contribution in [3.05, 3.63) is 66.0 Å². The van der Waals surface area contributed by atoms with Crippen LogP contribution in [0.25, 0.3) is 27.8 Å².